The molecule has 0 saturated carbocycles. The van der Waals surface area contributed by atoms with E-state index < -0.39 is 6.10 Å². The smallest absolute Gasteiger partial charge is 0.126 e. The van der Waals surface area contributed by atoms with Crippen molar-refractivity contribution in [3.05, 3.63) is 46.2 Å². The zero-order valence-corrected chi connectivity index (χ0v) is 11.2. The number of nitrogens with zero attached hydrogens (tertiary/aromatic N) is 2. The van der Waals surface area contributed by atoms with Crippen LogP contribution in [0, 0.1) is 0 Å². The Morgan fingerprint density at radius 3 is 2.76 bits per heavy atom. The van der Waals surface area contributed by atoms with Crippen LogP contribution in [0.25, 0.3) is 0 Å². The Hall–Kier alpha value is -1.33. The molecule has 0 saturated heterocycles. The van der Waals surface area contributed by atoms with E-state index in [2.05, 4.69) is 21.0 Å². The Kier molecular flexibility index (Phi) is 3.49. The van der Waals surface area contributed by atoms with Crippen LogP contribution in [0.5, 0.6) is 5.75 Å². The highest BCUT2D eigenvalue weighted by atomic mass is 79.9. The third kappa shape index (κ3) is 2.35. The molecule has 1 aromatic carbocycles. The van der Waals surface area contributed by atoms with Crippen molar-refractivity contribution in [2.24, 2.45) is 7.05 Å². The summed E-state index contributed by atoms with van der Waals surface area (Å²) in [5.41, 5.74) is 1.45. The van der Waals surface area contributed by atoms with E-state index in [1.54, 1.807) is 31.1 Å². The summed E-state index contributed by atoms with van der Waals surface area (Å²) >= 11 is 3.37. The molecule has 0 spiro atoms. The van der Waals surface area contributed by atoms with Gasteiger partial charge in [0.2, 0.25) is 0 Å². The molecule has 90 valence electrons. The van der Waals surface area contributed by atoms with E-state index in [1.165, 1.54) is 0 Å². The second-order valence-electron chi connectivity index (χ2n) is 3.67. The average molecular weight is 297 g/mol. The van der Waals surface area contributed by atoms with Gasteiger partial charge in [-0.05, 0) is 18.2 Å². The second-order valence-corrected chi connectivity index (χ2v) is 4.58. The van der Waals surface area contributed by atoms with Gasteiger partial charge in [0.1, 0.15) is 11.9 Å². The highest BCUT2D eigenvalue weighted by Gasteiger charge is 2.18. The first kappa shape index (κ1) is 12.1. The summed E-state index contributed by atoms with van der Waals surface area (Å²) in [6.07, 6.45) is 0.912. The van der Waals surface area contributed by atoms with E-state index in [4.69, 9.17) is 4.74 Å². The highest BCUT2D eigenvalue weighted by Crippen LogP contribution is 2.31. The molecule has 0 radical (unpaired) electrons. The first-order valence-corrected chi connectivity index (χ1v) is 5.92. The van der Waals surface area contributed by atoms with Gasteiger partial charge in [-0.25, -0.2) is 0 Å². The Labute approximate surface area is 108 Å². The van der Waals surface area contributed by atoms with E-state index in [0.717, 1.165) is 15.7 Å². The van der Waals surface area contributed by atoms with E-state index in [0.29, 0.717) is 5.75 Å². The fourth-order valence-electron chi connectivity index (χ4n) is 1.72. The molecule has 0 amide bonds. The van der Waals surface area contributed by atoms with Gasteiger partial charge < -0.3 is 9.84 Å². The molecule has 1 aromatic heterocycles. The molecule has 1 unspecified atom stereocenters. The van der Waals surface area contributed by atoms with Crippen LogP contribution in [0.15, 0.2) is 34.9 Å². The monoisotopic (exact) mass is 296 g/mol. The number of rotatable bonds is 3. The van der Waals surface area contributed by atoms with Gasteiger partial charge in [0.25, 0.3) is 0 Å². The van der Waals surface area contributed by atoms with Crippen LogP contribution >= 0.6 is 15.9 Å². The number of aryl methyl sites for hydroxylation is 1. The summed E-state index contributed by atoms with van der Waals surface area (Å²) in [6.45, 7) is 0. The van der Waals surface area contributed by atoms with Crippen LogP contribution in [0.1, 0.15) is 17.4 Å². The Morgan fingerprint density at radius 2 is 2.18 bits per heavy atom. The molecule has 2 aromatic rings. The number of halogens is 1. The van der Waals surface area contributed by atoms with Crippen molar-refractivity contribution in [2.45, 2.75) is 6.10 Å². The van der Waals surface area contributed by atoms with Crippen molar-refractivity contribution >= 4 is 15.9 Å². The first-order chi connectivity index (χ1) is 8.13. The number of benzene rings is 1. The Bertz CT molecular complexity index is 525. The molecular formula is C12H13BrN2O2. The quantitative estimate of drug-likeness (QED) is 0.945. The van der Waals surface area contributed by atoms with Crippen LogP contribution in [-0.2, 0) is 7.05 Å². The number of aromatic nitrogens is 2. The normalized spacial score (nSPS) is 12.5. The molecule has 5 heteroatoms. The molecule has 17 heavy (non-hydrogen) atoms. The van der Waals surface area contributed by atoms with E-state index >= 15 is 0 Å². The number of aliphatic hydroxyl groups is 1. The van der Waals surface area contributed by atoms with Gasteiger partial charge in [0.05, 0.1) is 12.8 Å². The summed E-state index contributed by atoms with van der Waals surface area (Å²) in [5.74, 6) is 0.646. The minimum Gasteiger partial charge on any atom is -0.496 e. The third-order valence-electron chi connectivity index (χ3n) is 2.63. The predicted octanol–water partition coefficient (Wildman–Crippen LogP) is 2.27. The van der Waals surface area contributed by atoms with Crippen LogP contribution in [0.3, 0.4) is 0 Å². The topological polar surface area (TPSA) is 47.3 Å². The van der Waals surface area contributed by atoms with Crippen LogP contribution < -0.4 is 4.74 Å². The Balaban J connectivity index is 2.44. The number of aliphatic hydroxyl groups excluding tert-OH is 1. The van der Waals surface area contributed by atoms with E-state index in [9.17, 15) is 5.11 Å². The Morgan fingerprint density at radius 1 is 1.41 bits per heavy atom. The zero-order valence-electron chi connectivity index (χ0n) is 9.59. The highest BCUT2D eigenvalue weighted by molar-refractivity contribution is 9.10. The molecule has 0 aliphatic carbocycles. The average Bonchev–Trinajstić information content (AvgIpc) is 2.74. The zero-order chi connectivity index (χ0) is 12.4. The number of hydrogen-bond acceptors (Lipinski definition) is 3. The first-order valence-electron chi connectivity index (χ1n) is 5.13. The second kappa shape index (κ2) is 4.89. The molecule has 0 aliphatic heterocycles. The maximum absolute atomic E-state index is 10.3. The van der Waals surface area contributed by atoms with Gasteiger partial charge in [0, 0.05) is 23.3 Å². The van der Waals surface area contributed by atoms with Gasteiger partial charge in [-0.3, -0.25) is 4.68 Å². The molecule has 1 N–H and O–H groups in total. The van der Waals surface area contributed by atoms with Gasteiger partial charge >= 0.3 is 0 Å². The SMILES string of the molecule is COc1cc(Br)ccc1C(O)c1ccnn1C. The van der Waals surface area contributed by atoms with Crippen LogP contribution in [0.4, 0.5) is 0 Å². The predicted molar refractivity (Wildman–Crippen MR) is 68.0 cm³/mol. The van der Waals surface area contributed by atoms with Gasteiger partial charge in [-0.15, -0.1) is 0 Å². The summed E-state index contributed by atoms with van der Waals surface area (Å²) < 4.78 is 7.82. The maximum Gasteiger partial charge on any atom is 0.126 e. The number of hydrogen-bond donors (Lipinski definition) is 1. The minimum atomic E-state index is -0.745. The minimum absolute atomic E-state index is 0.646. The maximum atomic E-state index is 10.3. The summed E-state index contributed by atoms with van der Waals surface area (Å²) in [7, 11) is 3.38. The third-order valence-corrected chi connectivity index (χ3v) is 3.12. The molecule has 0 fully saturated rings. The van der Waals surface area contributed by atoms with Crippen molar-refractivity contribution in [3.63, 3.8) is 0 Å². The van der Waals surface area contributed by atoms with Gasteiger partial charge in [-0.1, -0.05) is 22.0 Å². The molecule has 4 nitrogen and oxygen atoms in total. The fourth-order valence-corrected chi connectivity index (χ4v) is 2.06. The van der Waals surface area contributed by atoms with Crippen molar-refractivity contribution in [2.75, 3.05) is 7.11 Å². The molecule has 0 aliphatic rings. The van der Waals surface area contributed by atoms with Gasteiger partial charge in [0.15, 0.2) is 0 Å². The standard InChI is InChI=1S/C12H13BrN2O2/c1-15-10(5-6-14-15)12(16)9-4-3-8(13)7-11(9)17-2/h3-7,12,16H,1-2H3. The largest absolute Gasteiger partial charge is 0.496 e. The number of methoxy groups -OCH3 is 1. The van der Waals surface area contributed by atoms with Crippen molar-refractivity contribution in [3.8, 4) is 5.75 Å². The van der Waals surface area contributed by atoms with Crippen molar-refractivity contribution < 1.29 is 9.84 Å². The lowest BCUT2D eigenvalue weighted by atomic mass is 10.1. The van der Waals surface area contributed by atoms with E-state index in [-0.39, 0.29) is 0 Å². The van der Waals surface area contributed by atoms with Gasteiger partial charge in [-0.2, -0.15) is 5.10 Å². The summed E-state index contributed by atoms with van der Waals surface area (Å²) in [5, 5.41) is 14.4. The summed E-state index contributed by atoms with van der Waals surface area (Å²) in [6, 6.07) is 7.32. The fraction of sp³-hybridized carbons (Fsp3) is 0.250. The lowest BCUT2D eigenvalue weighted by Crippen LogP contribution is -2.07. The van der Waals surface area contributed by atoms with E-state index in [1.807, 2.05) is 18.2 Å². The van der Waals surface area contributed by atoms with Crippen LogP contribution in [-0.4, -0.2) is 22.0 Å². The molecule has 1 atom stereocenters. The molecule has 2 rings (SSSR count). The van der Waals surface area contributed by atoms with Crippen molar-refractivity contribution in [1.82, 2.24) is 9.78 Å². The summed E-state index contributed by atoms with van der Waals surface area (Å²) in [4.78, 5) is 0. The lowest BCUT2D eigenvalue weighted by Gasteiger charge is -2.15. The number of ether oxygens (including phenoxy) is 1. The lowest BCUT2D eigenvalue weighted by molar-refractivity contribution is 0.204. The molecule has 0 bridgehead atoms. The van der Waals surface area contributed by atoms with Crippen molar-refractivity contribution in [1.29, 1.82) is 0 Å². The molecular weight excluding hydrogens is 284 g/mol. The molecule has 1 heterocycles. The van der Waals surface area contributed by atoms with Crippen LogP contribution in [0.2, 0.25) is 0 Å².